The summed E-state index contributed by atoms with van der Waals surface area (Å²) in [7, 11) is 0. The lowest BCUT2D eigenvalue weighted by atomic mass is 9.93. The minimum Gasteiger partial charge on any atom is -0.363 e. The zero-order valence-electron chi connectivity index (χ0n) is 13.5. The molecule has 0 unspecified atom stereocenters. The van der Waals surface area contributed by atoms with Crippen molar-refractivity contribution in [1.29, 1.82) is 0 Å². The molecule has 1 fully saturated rings. The number of aromatic nitrogens is 1. The highest BCUT2D eigenvalue weighted by molar-refractivity contribution is 5.99. The van der Waals surface area contributed by atoms with E-state index >= 15 is 0 Å². The SMILES string of the molecule is O=C(CN(C(=O)c1ccccc1)C1CCCCC1)Nc1ccon1. The molecule has 3 rings (SSSR count). The molecule has 6 heteroatoms. The number of anilines is 1. The second kappa shape index (κ2) is 7.77. The Labute approximate surface area is 140 Å². The first-order valence-electron chi connectivity index (χ1n) is 8.30. The van der Waals surface area contributed by atoms with Crippen LogP contribution >= 0.6 is 0 Å². The Morgan fingerprint density at radius 1 is 1.12 bits per heavy atom. The predicted octanol–water partition coefficient (Wildman–Crippen LogP) is 3.09. The van der Waals surface area contributed by atoms with E-state index in [0.29, 0.717) is 11.4 Å². The molecule has 1 aromatic heterocycles. The molecule has 1 heterocycles. The molecule has 1 aromatic carbocycles. The van der Waals surface area contributed by atoms with Crippen LogP contribution in [-0.4, -0.2) is 34.5 Å². The Balaban J connectivity index is 1.74. The topological polar surface area (TPSA) is 75.4 Å². The molecule has 2 amide bonds. The second-order valence-corrected chi connectivity index (χ2v) is 6.02. The Kier molecular flexibility index (Phi) is 5.25. The van der Waals surface area contributed by atoms with Crippen LogP contribution in [-0.2, 0) is 4.79 Å². The Bertz CT molecular complexity index is 664. The van der Waals surface area contributed by atoms with Crippen molar-refractivity contribution in [3.8, 4) is 0 Å². The van der Waals surface area contributed by atoms with Gasteiger partial charge in [-0.3, -0.25) is 9.59 Å². The third-order valence-electron chi connectivity index (χ3n) is 4.32. The first-order chi connectivity index (χ1) is 11.7. The third-order valence-corrected chi connectivity index (χ3v) is 4.32. The van der Waals surface area contributed by atoms with E-state index in [1.165, 1.54) is 12.7 Å². The van der Waals surface area contributed by atoms with E-state index < -0.39 is 0 Å². The maximum absolute atomic E-state index is 12.9. The summed E-state index contributed by atoms with van der Waals surface area (Å²) < 4.78 is 4.71. The number of carbonyl (C=O) groups is 2. The molecule has 1 aliphatic rings. The molecule has 0 radical (unpaired) electrons. The molecular formula is C18H21N3O3. The number of hydrogen-bond donors (Lipinski definition) is 1. The van der Waals surface area contributed by atoms with Gasteiger partial charge in [-0.25, -0.2) is 0 Å². The number of carbonyl (C=O) groups excluding carboxylic acids is 2. The van der Waals surface area contributed by atoms with E-state index in [0.717, 1.165) is 25.7 Å². The fourth-order valence-electron chi connectivity index (χ4n) is 3.12. The number of rotatable bonds is 5. The van der Waals surface area contributed by atoms with Gasteiger partial charge in [0.05, 0.1) is 0 Å². The summed E-state index contributed by atoms with van der Waals surface area (Å²) in [5, 5.41) is 6.33. The van der Waals surface area contributed by atoms with Gasteiger partial charge >= 0.3 is 0 Å². The van der Waals surface area contributed by atoms with Crippen molar-refractivity contribution in [2.75, 3.05) is 11.9 Å². The van der Waals surface area contributed by atoms with E-state index in [9.17, 15) is 9.59 Å². The largest absolute Gasteiger partial charge is 0.363 e. The van der Waals surface area contributed by atoms with Crippen molar-refractivity contribution < 1.29 is 14.1 Å². The first-order valence-corrected chi connectivity index (χ1v) is 8.30. The number of nitrogens with zero attached hydrogens (tertiary/aromatic N) is 2. The summed E-state index contributed by atoms with van der Waals surface area (Å²) in [6.07, 6.45) is 6.65. The molecule has 0 saturated heterocycles. The van der Waals surface area contributed by atoms with Crippen LogP contribution in [0.4, 0.5) is 5.82 Å². The summed E-state index contributed by atoms with van der Waals surface area (Å²) in [4.78, 5) is 26.9. The van der Waals surface area contributed by atoms with Crippen molar-refractivity contribution >= 4 is 17.6 Å². The normalized spacial score (nSPS) is 15.0. The average molecular weight is 327 g/mol. The summed E-state index contributed by atoms with van der Waals surface area (Å²) in [5.74, 6) is -0.00712. The molecule has 24 heavy (non-hydrogen) atoms. The molecule has 1 N–H and O–H groups in total. The fraction of sp³-hybridized carbons (Fsp3) is 0.389. The lowest BCUT2D eigenvalue weighted by Crippen LogP contribution is -2.45. The van der Waals surface area contributed by atoms with Crippen LogP contribution in [0.1, 0.15) is 42.5 Å². The van der Waals surface area contributed by atoms with Gasteiger partial charge in [0, 0.05) is 17.7 Å². The van der Waals surface area contributed by atoms with Gasteiger partial charge in [0.15, 0.2) is 5.82 Å². The summed E-state index contributed by atoms with van der Waals surface area (Å²) >= 11 is 0. The van der Waals surface area contributed by atoms with Gasteiger partial charge in [0.2, 0.25) is 5.91 Å². The van der Waals surface area contributed by atoms with Gasteiger partial charge < -0.3 is 14.7 Å². The Hall–Kier alpha value is -2.63. The van der Waals surface area contributed by atoms with Gasteiger partial charge in [-0.2, -0.15) is 0 Å². The third kappa shape index (κ3) is 4.01. The van der Waals surface area contributed by atoms with Crippen LogP contribution in [0.25, 0.3) is 0 Å². The van der Waals surface area contributed by atoms with Crippen LogP contribution in [0.15, 0.2) is 47.2 Å². The molecule has 0 aliphatic heterocycles. The van der Waals surface area contributed by atoms with Crippen molar-refractivity contribution in [3.05, 3.63) is 48.2 Å². The van der Waals surface area contributed by atoms with Crippen LogP contribution in [0, 0.1) is 0 Å². The monoisotopic (exact) mass is 327 g/mol. The molecule has 6 nitrogen and oxygen atoms in total. The lowest BCUT2D eigenvalue weighted by Gasteiger charge is -2.34. The summed E-state index contributed by atoms with van der Waals surface area (Å²) in [6.45, 7) is 0.0191. The zero-order chi connectivity index (χ0) is 16.8. The molecule has 1 saturated carbocycles. The molecule has 0 spiro atoms. The number of benzene rings is 1. The van der Waals surface area contributed by atoms with Crippen LogP contribution in [0.2, 0.25) is 0 Å². The van der Waals surface area contributed by atoms with E-state index in [-0.39, 0.29) is 24.4 Å². The molecule has 0 atom stereocenters. The number of hydrogen-bond acceptors (Lipinski definition) is 4. The zero-order valence-corrected chi connectivity index (χ0v) is 13.5. The van der Waals surface area contributed by atoms with Crippen LogP contribution in [0.5, 0.6) is 0 Å². The quantitative estimate of drug-likeness (QED) is 0.915. The Morgan fingerprint density at radius 2 is 1.88 bits per heavy atom. The van der Waals surface area contributed by atoms with Gasteiger partial charge in [-0.05, 0) is 25.0 Å². The second-order valence-electron chi connectivity index (χ2n) is 6.02. The minimum absolute atomic E-state index is 0.0191. The van der Waals surface area contributed by atoms with Crippen LogP contribution in [0.3, 0.4) is 0 Å². The van der Waals surface area contributed by atoms with Crippen molar-refractivity contribution in [2.24, 2.45) is 0 Å². The summed E-state index contributed by atoms with van der Waals surface area (Å²) in [6, 6.07) is 10.8. The minimum atomic E-state index is -0.265. The van der Waals surface area contributed by atoms with E-state index in [4.69, 9.17) is 4.52 Å². The molecule has 2 aromatic rings. The average Bonchev–Trinajstić information content (AvgIpc) is 3.13. The van der Waals surface area contributed by atoms with Crippen LogP contribution < -0.4 is 5.32 Å². The number of amides is 2. The highest BCUT2D eigenvalue weighted by Crippen LogP contribution is 2.24. The van der Waals surface area contributed by atoms with Gasteiger partial charge in [-0.15, -0.1) is 0 Å². The van der Waals surface area contributed by atoms with Crippen molar-refractivity contribution in [3.63, 3.8) is 0 Å². The van der Waals surface area contributed by atoms with E-state index in [1.54, 1.807) is 23.1 Å². The van der Waals surface area contributed by atoms with E-state index in [1.807, 2.05) is 18.2 Å². The maximum atomic E-state index is 12.9. The standard InChI is InChI=1S/C18H21N3O3/c22-17(19-16-11-12-24-20-16)13-21(15-9-5-2-6-10-15)18(23)14-7-3-1-4-8-14/h1,3-4,7-8,11-12,15H,2,5-6,9-10,13H2,(H,19,20,22). The van der Waals surface area contributed by atoms with Gasteiger partial charge in [0.1, 0.15) is 12.8 Å². The van der Waals surface area contributed by atoms with E-state index in [2.05, 4.69) is 10.5 Å². The van der Waals surface area contributed by atoms with Gasteiger partial charge in [0.25, 0.3) is 5.91 Å². The van der Waals surface area contributed by atoms with Crippen molar-refractivity contribution in [2.45, 2.75) is 38.1 Å². The van der Waals surface area contributed by atoms with Crippen molar-refractivity contribution in [1.82, 2.24) is 10.1 Å². The van der Waals surface area contributed by atoms with Gasteiger partial charge in [-0.1, -0.05) is 42.6 Å². The maximum Gasteiger partial charge on any atom is 0.254 e. The summed E-state index contributed by atoms with van der Waals surface area (Å²) in [5.41, 5.74) is 0.609. The lowest BCUT2D eigenvalue weighted by molar-refractivity contribution is -0.117. The Morgan fingerprint density at radius 3 is 2.54 bits per heavy atom. The fourth-order valence-corrected chi connectivity index (χ4v) is 3.12. The first kappa shape index (κ1) is 16.2. The highest BCUT2D eigenvalue weighted by atomic mass is 16.5. The molecular weight excluding hydrogens is 306 g/mol. The molecule has 0 bridgehead atoms. The highest BCUT2D eigenvalue weighted by Gasteiger charge is 2.28. The molecule has 1 aliphatic carbocycles. The number of nitrogens with one attached hydrogen (secondary N) is 1. The predicted molar refractivity (Wildman–Crippen MR) is 89.5 cm³/mol. The smallest absolute Gasteiger partial charge is 0.254 e. The molecule has 126 valence electrons.